The third-order valence-corrected chi connectivity index (χ3v) is 4.25. The van der Waals surface area contributed by atoms with Crippen molar-refractivity contribution in [3.8, 4) is 5.75 Å². The molecule has 0 bridgehead atoms. The molecule has 0 aromatic heterocycles. The first-order valence-corrected chi connectivity index (χ1v) is 6.66. The van der Waals surface area contributed by atoms with E-state index >= 15 is 0 Å². The first kappa shape index (κ1) is 14.2. The van der Waals surface area contributed by atoms with Crippen molar-refractivity contribution in [2.24, 2.45) is 0 Å². The van der Waals surface area contributed by atoms with Crippen LogP contribution >= 0.6 is 11.6 Å². The van der Waals surface area contributed by atoms with Gasteiger partial charge in [-0.05, 0) is 38.4 Å². The number of hydrogen-bond donors (Lipinski definition) is 1. The van der Waals surface area contributed by atoms with Gasteiger partial charge in [0, 0.05) is 17.1 Å². The van der Waals surface area contributed by atoms with Gasteiger partial charge in [-0.3, -0.25) is 9.69 Å². The smallest absolute Gasteiger partial charge is 0.323 e. The molecule has 1 aliphatic heterocycles. The van der Waals surface area contributed by atoms with Gasteiger partial charge >= 0.3 is 5.97 Å². The van der Waals surface area contributed by atoms with E-state index in [2.05, 4.69) is 0 Å². The normalized spacial score (nSPS) is 23.5. The minimum atomic E-state index is -0.815. The summed E-state index contributed by atoms with van der Waals surface area (Å²) >= 11 is 6.21. The Morgan fingerprint density at radius 2 is 2.32 bits per heavy atom. The molecule has 0 amide bonds. The topological polar surface area (TPSA) is 49.8 Å². The molecule has 2 rings (SSSR count). The summed E-state index contributed by atoms with van der Waals surface area (Å²) in [7, 11) is 1.59. The Labute approximate surface area is 117 Å². The second kappa shape index (κ2) is 5.39. The maximum atomic E-state index is 11.5. The predicted molar refractivity (Wildman–Crippen MR) is 73.7 cm³/mol. The molecule has 1 aromatic carbocycles. The van der Waals surface area contributed by atoms with Gasteiger partial charge < -0.3 is 9.84 Å². The van der Waals surface area contributed by atoms with Crippen molar-refractivity contribution < 1.29 is 14.6 Å². The standard InChI is InChI=1S/C14H18ClNO3/c1-14(13(17)18)7-4-8-16(14)9-10-11(15)5-3-6-12(10)19-2/h3,5-6H,4,7-9H2,1-2H3,(H,17,18). The van der Waals surface area contributed by atoms with Gasteiger partial charge in [-0.25, -0.2) is 0 Å². The SMILES string of the molecule is COc1cccc(Cl)c1CN1CCCC1(C)C(=O)O. The van der Waals surface area contributed by atoms with Crippen molar-refractivity contribution >= 4 is 17.6 Å². The van der Waals surface area contributed by atoms with E-state index in [4.69, 9.17) is 16.3 Å². The van der Waals surface area contributed by atoms with Crippen molar-refractivity contribution in [2.45, 2.75) is 31.8 Å². The van der Waals surface area contributed by atoms with Gasteiger partial charge in [0.15, 0.2) is 0 Å². The zero-order valence-electron chi connectivity index (χ0n) is 11.1. The molecule has 0 radical (unpaired) electrons. The Morgan fingerprint density at radius 3 is 2.95 bits per heavy atom. The molecule has 0 saturated carbocycles. The molecule has 1 fully saturated rings. The number of methoxy groups -OCH3 is 1. The molecule has 4 nitrogen and oxygen atoms in total. The Hall–Kier alpha value is -1.26. The summed E-state index contributed by atoms with van der Waals surface area (Å²) in [6.45, 7) is 3.02. The van der Waals surface area contributed by atoms with Crippen molar-refractivity contribution in [3.05, 3.63) is 28.8 Å². The van der Waals surface area contributed by atoms with Crippen LogP contribution in [0.1, 0.15) is 25.3 Å². The molecule has 1 unspecified atom stereocenters. The van der Waals surface area contributed by atoms with E-state index < -0.39 is 11.5 Å². The van der Waals surface area contributed by atoms with Crippen LogP contribution in [0.25, 0.3) is 0 Å². The van der Waals surface area contributed by atoms with Crippen molar-refractivity contribution in [1.29, 1.82) is 0 Å². The van der Waals surface area contributed by atoms with Gasteiger partial charge in [0.2, 0.25) is 0 Å². The largest absolute Gasteiger partial charge is 0.496 e. The number of carboxylic acid groups (broad SMARTS) is 1. The van der Waals surface area contributed by atoms with E-state index in [1.807, 2.05) is 17.0 Å². The first-order valence-electron chi connectivity index (χ1n) is 6.29. The van der Waals surface area contributed by atoms with E-state index in [-0.39, 0.29) is 0 Å². The second-order valence-electron chi connectivity index (χ2n) is 5.02. The van der Waals surface area contributed by atoms with Crippen LogP contribution in [0.15, 0.2) is 18.2 Å². The van der Waals surface area contributed by atoms with Crippen molar-refractivity contribution in [1.82, 2.24) is 4.90 Å². The molecule has 0 spiro atoms. The third kappa shape index (κ3) is 2.55. The maximum absolute atomic E-state index is 11.5. The fourth-order valence-corrected chi connectivity index (χ4v) is 2.81. The number of benzene rings is 1. The summed E-state index contributed by atoms with van der Waals surface area (Å²) in [4.78, 5) is 13.4. The lowest BCUT2D eigenvalue weighted by atomic mass is 9.98. The highest BCUT2D eigenvalue weighted by molar-refractivity contribution is 6.31. The van der Waals surface area contributed by atoms with Crippen LogP contribution in [-0.2, 0) is 11.3 Å². The lowest BCUT2D eigenvalue weighted by Gasteiger charge is -2.31. The lowest BCUT2D eigenvalue weighted by Crippen LogP contribution is -2.47. The fraction of sp³-hybridized carbons (Fsp3) is 0.500. The minimum absolute atomic E-state index is 0.492. The van der Waals surface area contributed by atoms with Gasteiger partial charge in [-0.2, -0.15) is 0 Å². The van der Waals surface area contributed by atoms with Crippen LogP contribution in [0.5, 0.6) is 5.75 Å². The molecule has 0 aliphatic carbocycles. The first-order chi connectivity index (χ1) is 8.99. The second-order valence-corrected chi connectivity index (χ2v) is 5.43. The van der Waals surface area contributed by atoms with Crippen LogP contribution in [0.4, 0.5) is 0 Å². The van der Waals surface area contributed by atoms with Crippen molar-refractivity contribution in [2.75, 3.05) is 13.7 Å². The molecule has 1 aromatic rings. The summed E-state index contributed by atoms with van der Waals surface area (Å²) in [6, 6.07) is 5.47. The average molecular weight is 284 g/mol. The van der Waals surface area contributed by atoms with Crippen LogP contribution in [0.3, 0.4) is 0 Å². The van der Waals surface area contributed by atoms with Gasteiger partial charge in [0.1, 0.15) is 11.3 Å². The van der Waals surface area contributed by atoms with Gasteiger partial charge in [-0.15, -0.1) is 0 Å². The summed E-state index contributed by atoms with van der Waals surface area (Å²) < 4.78 is 5.31. The van der Waals surface area contributed by atoms with Gasteiger partial charge in [0.05, 0.1) is 7.11 Å². The van der Waals surface area contributed by atoms with E-state index in [1.165, 1.54) is 0 Å². The maximum Gasteiger partial charge on any atom is 0.323 e. The number of carboxylic acids is 1. The number of hydrogen-bond acceptors (Lipinski definition) is 3. The van der Waals surface area contributed by atoms with Crippen LogP contribution in [0.2, 0.25) is 5.02 Å². The molecule has 1 heterocycles. The Balaban J connectivity index is 2.29. The zero-order valence-corrected chi connectivity index (χ0v) is 11.9. The minimum Gasteiger partial charge on any atom is -0.496 e. The highest BCUT2D eigenvalue weighted by Gasteiger charge is 2.43. The number of aliphatic carboxylic acids is 1. The van der Waals surface area contributed by atoms with Crippen LogP contribution in [0, 0.1) is 0 Å². The molecule has 1 saturated heterocycles. The number of halogens is 1. The number of nitrogens with zero attached hydrogens (tertiary/aromatic N) is 1. The van der Waals surface area contributed by atoms with Crippen LogP contribution < -0.4 is 4.74 Å². The third-order valence-electron chi connectivity index (χ3n) is 3.90. The quantitative estimate of drug-likeness (QED) is 0.923. The number of likely N-dealkylation sites (tertiary alicyclic amines) is 1. The zero-order chi connectivity index (χ0) is 14.0. The summed E-state index contributed by atoms with van der Waals surface area (Å²) in [6.07, 6.45) is 1.55. The van der Waals surface area contributed by atoms with E-state index in [0.717, 1.165) is 18.5 Å². The number of carbonyl (C=O) groups is 1. The van der Waals surface area contributed by atoms with Gasteiger partial charge in [-0.1, -0.05) is 17.7 Å². The van der Waals surface area contributed by atoms with E-state index in [1.54, 1.807) is 20.1 Å². The summed E-state index contributed by atoms with van der Waals surface area (Å²) in [5.41, 5.74) is 0.0329. The molecule has 1 N–H and O–H groups in total. The highest BCUT2D eigenvalue weighted by Crippen LogP contribution is 2.35. The molecule has 1 aliphatic rings. The Morgan fingerprint density at radius 1 is 1.58 bits per heavy atom. The van der Waals surface area contributed by atoms with Gasteiger partial charge in [0.25, 0.3) is 0 Å². The highest BCUT2D eigenvalue weighted by atomic mass is 35.5. The molecule has 104 valence electrons. The predicted octanol–water partition coefficient (Wildman–Crippen LogP) is 2.79. The molecule has 5 heteroatoms. The average Bonchev–Trinajstić information content (AvgIpc) is 2.75. The van der Waals surface area contributed by atoms with Crippen molar-refractivity contribution in [3.63, 3.8) is 0 Å². The van der Waals surface area contributed by atoms with E-state index in [9.17, 15) is 9.90 Å². The molecule has 19 heavy (non-hydrogen) atoms. The summed E-state index contributed by atoms with van der Waals surface area (Å²) in [5, 5.41) is 10.0. The Kier molecular flexibility index (Phi) is 4.02. The molecular weight excluding hydrogens is 266 g/mol. The molecular formula is C14H18ClNO3. The number of rotatable bonds is 4. The fourth-order valence-electron chi connectivity index (χ4n) is 2.59. The monoisotopic (exact) mass is 283 g/mol. The van der Waals surface area contributed by atoms with E-state index in [0.29, 0.717) is 23.7 Å². The Bertz CT molecular complexity index is 492. The van der Waals surface area contributed by atoms with Crippen LogP contribution in [-0.4, -0.2) is 35.2 Å². The lowest BCUT2D eigenvalue weighted by molar-refractivity contribution is -0.148. The number of ether oxygens (including phenoxy) is 1. The molecule has 1 atom stereocenters. The summed E-state index contributed by atoms with van der Waals surface area (Å²) in [5.74, 6) is -0.0804.